The first kappa shape index (κ1) is 16.9. The summed E-state index contributed by atoms with van der Waals surface area (Å²) in [5, 5.41) is 0. The molecule has 1 heteroatoms. The van der Waals surface area contributed by atoms with E-state index in [1.54, 1.807) is 12.3 Å². The van der Waals surface area contributed by atoms with Gasteiger partial charge in [0.1, 0.15) is 6.61 Å². The summed E-state index contributed by atoms with van der Waals surface area (Å²) >= 11 is 0. The Labute approximate surface area is 101 Å². The monoisotopic (exact) mass is 220 g/mol. The van der Waals surface area contributed by atoms with Crippen LogP contribution in [0.25, 0.3) is 0 Å². The molecule has 0 radical (unpaired) electrons. The predicted molar refractivity (Wildman–Crippen MR) is 74.3 cm³/mol. The molecule has 0 aromatic heterocycles. The Morgan fingerprint density at radius 2 is 1.56 bits per heavy atom. The summed E-state index contributed by atoms with van der Waals surface area (Å²) in [5.41, 5.74) is 3.29. The summed E-state index contributed by atoms with van der Waals surface area (Å²) in [6.07, 6.45) is 7.27. The Morgan fingerprint density at radius 3 is 1.88 bits per heavy atom. The minimum absolute atomic E-state index is 0.645. The highest BCUT2D eigenvalue weighted by molar-refractivity contribution is 5.08. The van der Waals surface area contributed by atoms with Gasteiger partial charge in [-0.3, -0.25) is 0 Å². The highest BCUT2D eigenvalue weighted by Gasteiger charge is 1.77. The molecule has 0 unspecified atom stereocenters. The Balaban J connectivity index is 0. The molecular weight excluding hydrogens is 196 g/mol. The molecule has 0 bridgehead atoms. The van der Waals surface area contributed by atoms with Crippen LogP contribution < -0.4 is 0 Å². The number of hydrogen-bond acceptors (Lipinski definition) is 1. The van der Waals surface area contributed by atoms with E-state index in [9.17, 15) is 0 Å². The second-order valence-corrected chi connectivity index (χ2v) is 3.81. The van der Waals surface area contributed by atoms with Crippen LogP contribution in [0.15, 0.2) is 60.9 Å². The Kier molecular flexibility index (Phi) is 12.2. The van der Waals surface area contributed by atoms with Crippen molar-refractivity contribution in [2.45, 2.75) is 27.7 Å². The molecule has 0 saturated heterocycles. The first-order valence-electron chi connectivity index (χ1n) is 5.25. The first-order valence-corrected chi connectivity index (χ1v) is 5.25. The molecule has 0 aromatic rings. The van der Waals surface area contributed by atoms with Crippen molar-refractivity contribution < 1.29 is 4.74 Å². The van der Waals surface area contributed by atoms with Crippen molar-refractivity contribution in [3.05, 3.63) is 60.9 Å². The van der Waals surface area contributed by atoms with Gasteiger partial charge in [0.05, 0.1) is 6.26 Å². The third kappa shape index (κ3) is 22.9. The van der Waals surface area contributed by atoms with Crippen LogP contribution in [0.5, 0.6) is 0 Å². The van der Waals surface area contributed by atoms with Crippen LogP contribution in [-0.2, 0) is 4.74 Å². The SMILES string of the molecule is C=C(C)/C=C/OCC=C(C)C.C=CC(=C)C. The maximum atomic E-state index is 5.14. The van der Waals surface area contributed by atoms with Crippen LogP contribution >= 0.6 is 0 Å². The molecule has 0 amide bonds. The number of allylic oxidation sites excluding steroid dienone is 5. The lowest BCUT2D eigenvalue weighted by atomic mass is 10.3. The predicted octanol–water partition coefficient (Wildman–Crippen LogP) is 4.81. The Morgan fingerprint density at radius 1 is 1.06 bits per heavy atom. The van der Waals surface area contributed by atoms with E-state index >= 15 is 0 Å². The van der Waals surface area contributed by atoms with Crippen LogP contribution in [0, 0.1) is 0 Å². The van der Waals surface area contributed by atoms with Gasteiger partial charge >= 0.3 is 0 Å². The van der Waals surface area contributed by atoms with E-state index in [0.717, 1.165) is 11.1 Å². The van der Waals surface area contributed by atoms with Gasteiger partial charge in [0.15, 0.2) is 0 Å². The van der Waals surface area contributed by atoms with Crippen molar-refractivity contribution in [3.8, 4) is 0 Å². The first-order chi connectivity index (χ1) is 7.40. The van der Waals surface area contributed by atoms with Crippen LogP contribution in [0.1, 0.15) is 27.7 Å². The topological polar surface area (TPSA) is 9.23 Å². The quantitative estimate of drug-likeness (QED) is 0.280. The van der Waals surface area contributed by atoms with Crippen LogP contribution in [0.2, 0.25) is 0 Å². The van der Waals surface area contributed by atoms with E-state index in [1.165, 1.54) is 5.57 Å². The number of hydrogen-bond donors (Lipinski definition) is 0. The van der Waals surface area contributed by atoms with Gasteiger partial charge in [-0.05, 0) is 39.8 Å². The molecule has 0 spiro atoms. The number of rotatable bonds is 5. The summed E-state index contributed by atoms with van der Waals surface area (Å²) < 4.78 is 5.14. The van der Waals surface area contributed by atoms with Crippen LogP contribution in [0.4, 0.5) is 0 Å². The zero-order valence-electron chi connectivity index (χ0n) is 11.0. The second-order valence-electron chi connectivity index (χ2n) is 3.81. The van der Waals surface area contributed by atoms with Crippen molar-refractivity contribution in [3.63, 3.8) is 0 Å². The fourth-order valence-corrected chi connectivity index (χ4v) is 0.435. The molecule has 90 valence electrons. The summed E-state index contributed by atoms with van der Waals surface area (Å²) in [7, 11) is 0. The molecule has 0 aromatic carbocycles. The third-order valence-corrected chi connectivity index (χ3v) is 1.39. The molecular formula is C15H24O. The average molecular weight is 220 g/mol. The fraction of sp³-hybridized carbons (Fsp3) is 0.333. The summed E-state index contributed by atoms with van der Waals surface area (Å²) in [6.45, 7) is 19.3. The van der Waals surface area contributed by atoms with Gasteiger partial charge in [-0.2, -0.15) is 0 Å². The summed E-state index contributed by atoms with van der Waals surface area (Å²) in [6, 6.07) is 0. The molecule has 0 saturated carbocycles. The molecule has 0 fully saturated rings. The maximum Gasteiger partial charge on any atom is 0.106 e. The lowest BCUT2D eigenvalue weighted by Crippen LogP contribution is -1.81. The third-order valence-electron chi connectivity index (χ3n) is 1.39. The minimum atomic E-state index is 0.645. The molecule has 0 atom stereocenters. The highest BCUT2D eigenvalue weighted by atomic mass is 16.5. The van der Waals surface area contributed by atoms with Crippen LogP contribution in [-0.4, -0.2) is 6.61 Å². The van der Waals surface area contributed by atoms with Crippen molar-refractivity contribution in [2.24, 2.45) is 0 Å². The van der Waals surface area contributed by atoms with E-state index in [4.69, 9.17) is 4.74 Å². The maximum absolute atomic E-state index is 5.14. The van der Waals surface area contributed by atoms with Gasteiger partial charge < -0.3 is 4.74 Å². The standard InChI is InChI=1S/C10H16O.C5H8/c1-9(2)5-7-11-8-6-10(3)4;1-4-5(2)3/h5-7H,1,8H2,2-4H3;4H,1-2H2,3H3/b7-5+;. The van der Waals surface area contributed by atoms with Gasteiger partial charge in [-0.25, -0.2) is 0 Å². The average Bonchev–Trinajstić information content (AvgIpc) is 2.17. The minimum Gasteiger partial charge on any atom is -0.497 e. The van der Waals surface area contributed by atoms with Crippen molar-refractivity contribution in [1.82, 2.24) is 0 Å². The van der Waals surface area contributed by atoms with E-state index in [1.807, 2.05) is 39.8 Å². The van der Waals surface area contributed by atoms with Gasteiger partial charge in [-0.1, -0.05) is 42.5 Å². The molecule has 16 heavy (non-hydrogen) atoms. The van der Waals surface area contributed by atoms with Crippen molar-refractivity contribution in [1.29, 1.82) is 0 Å². The Bertz CT molecular complexity index is 276. The van der Waals surface area contributed by atoms with Gasteiger partial charge in [-0.15, -0.1) is 0 Å². The second kappa shape index (κ2) is 11.6. The van der Waals surface area contributed by atoms with Gasteiger partial charge in [0.2, 0.25) is 0 Å². The number of ether oxygens (including phenoxy) is 1. The lowest BCUT2D eigenvalue weighted by Gasteiger charge is -1.94. The molecule has 1 nitrogen and oxygen atoms in total. The molecule has 0 N–H and O–H groups in total. The van der Waals surface area contributed by atoms with Gasteiger partial charge in [0.25, 0.3) is 0 Å². The van der Waals surface area contributed by atoms with E-state index in [-0.39, 0.29) is 0 Å². The Hall–Kier alpha value is -1.50. The highest BCUT2D eigenvalue weighted by Crippen LogP contribution is 1.92. The lowest BCUT2D eigenvalue weighted by molar-refractivity contribution is 0.289. The molecule has 0 aliphatic heterocycles. The van der Waals surface area contributed by atoms with Crippen LogP contribution in [0.3, 0.4) is 0 Å². The van der Waals surface area contributed by atoms with Crippen molar-refractivity contribution in [2.75, 3.05) is 6.61 Å². The zero-order valence-corrected chi connectivity index (χ0v) is 11.0. The van der Waals surface area contributed by atoms with E-state index in [0.29, 0.717) is 6.61 Å². The molecule has 0 aliphatic rings. The summed E-state index contributed by atoms with van der Waals surface area (Å²) in [4.78, 5) is 0. The smallest absolute Gasteiger partial charge is 0.106 e. The van der Waals surface area contributed by atoms with E-state index < -0.39 is 0 Å². The molecule has 0 heterocycles. The largest absolute Gasteiger partial charge is 0.497 e. The van der Waals surface area contributed by atoms with E-state index in [2.05, 4.69) is 19.7 Å². The molecule has 0 rings (SSSR count). The van der Waals surface area contributed by atoms with Gasteiger partial charge in [0, 0.05) is 0 Å². The fourth-order valence-electron chi connectivity index (χ4n) is 0.435. The summed E-state index contributed by atoms with van der Waals surface area (Å²) in [5.74, 6) is 0. The molecule has 0 aliphatic carbocycles. The zero-order chi connectivity index (χ0) is 13.0. The van der Waals surface area contributed by atoms with Crippen molar-refractivity contribution >= 4 is 0 Å². The normalized spacial score (nSPS) is 8.75.